The van der Waals surface area contributed by atoms with Crippen LogP contribution in [0.5, 0.6) is 5.75 Å². The van der Waals surface area contributed by atoms with Crippen molar-refractivity contribution in [1.29, 1.82) is 0 Å². The molecule has 0 unspecified atom stereocenters. The van der Waals surface area contributed by atoms with Gasteiger partial charge in [-0.15, -0.1) is 0 Å². The molecule has 3 N–H and O–H groups in total. The number of aryl methyl sites for hydroxylation is 1. The third kappa shape index (κ3) is 3.87. The van der Waals surface area contributed by atoms with E-state index < -0.39 is 0 Å². The first-order valence-corrected chi connectivity index (χ1v) is 12.9. The third-order valence-corrected chi connectivity index (χ3v) is 7.98. The van der Waals surface area contributed by atoms with E-state index in [1.165, 1.54) is 23.9 Å². The Labute approximate surface area is 213 Å². The first-order chi connectivity index (χ1) is 17.4. The third-order valence-electron chi connectivity index (χ3n) is 7.98. The fraction of sp³-hybridized carbons (Fsp3) is 0.414. The highest BCUT2D eigenvalue weighted by Crippen LogP contribution is 2.53. The Balaban J connectivity index is 1.63. The number of hydrogen-bond donors (Lipinski definition) is 2. The standard InChI is InChI=1S/C29H35N5O2/c1-5-22-23(33-27-19(3)26(30)31-17-32-27)15-18(2)24-25(22)29(13-7-6-8-14-29)34(28(24)35)16-20-9-11-21(36-4)12-10-20/h9-12,15,17H,5-8,13-14,16H2,1-4H3,(H3,30,31,32,33). The zero-order valence-corrected chi connectivity index (χ0v) is 21.6. The number of rotatable bonds is 6. The molecule has 1 aliphatic heterocycles. The quantitative estimate of drug-likeness (QED) is 0.458. The Hall–Kier alpha value is -3.61. The van der Waals surface area contributed by atoms with E-state index in [1.54, 1.807) is 7.11 Å². The minimum Gasteiger partial charge on any atom is -0.497 e. The molecule has 1 aromatic heterocycles. The lowest BCUT2D eigenvalue weighted by Gasteiger charge is -2.43. The van der Waals surface area contributed by atoms with Gasteiger partial charge in [0, 0.05) is 23.4 Å². The van der Waals surface area contributed by atoms with Gasteiger partial charge in [-0.2, -0.15) is 0 Å². The van der Waals surface area contributed by atoms with Gasteiger partial charge in [0.15, 0.2) is 0 Å². The zero-order chi connectivity index (χ0) is 25.4. The highest BCUT2D eigenvalue weighted by atomic mass is 16.5. The van der Waals surface area contributed by atoms with Crippen LogP contribution in [0.4, 0.5) is 17.3 Å². The Morgan fingerprint density at radius 2 is 1.83 bits per heavy atom. The second-order valence-electron chi connectivity index (χ2n) is 10.0. The normalized spacial score (nSPS) is 16.3. The molecule has 1 amide bonds. The number of benzene rings is 2. The van der Waals surface area contributed by atoms with Gasteiger partial charge in [0.2, 0.25) is 0 Å². The van der Waals surface area contributed by atoms with E-state index in [1.807, 2.05) is 19.1 Å². The topological polar surface area (TPSA) is 93.4 Å². The van der Waals surface area contributed by atoms with Gasteiger partial charge in [0.05, 0.1) is 12.6 Å². The minimum atomic E-state index is -0.294. The fourth-order valence-electron chi connectivity index (χ4n) is 6.10. The highest BCUT2D eigenvalue weighted by molar-refractivity contribution is 6.03. The largest absolute Gasteiger partial charge is 0.497 e. The maximum Gasteiger partial charge on any atom is 0.255 e. The van der Waals surface area contributed by atoms with Gasteiger partial charge in [-0.3, -0.25) is 4.79 Å². The predicted molar refractivity (Wildman–Crippen MR) is 143 cm³/mol. The maximum atomic E-state index is 14.1. The average Bonchev–Trinajstić information content (AvgIpc) is 3.11. The van der Waals surface area contributed by atoms with Crippen LogP contribution in [0, 0.1) is 13.8 Å². The zero-order valence-electron chi connectivity index (χ0n) is 21.6. The molecule has 188 valence electrons. The van der Waals surface area contributed by atoms with Crippen LogP contribution >= 0.6 is 0 Å². The molecule has 3 aromatic rings. The smallest absolute Gasteiger partial charge is 0.255 e. The molecule has 5 rings (SSSR count). The molecule has 1 spiro atoms. The number of carbonyl (C=O) groups is 1. The van der Waals surface area contributed by atoms with Gasteiger partial charge in [0.25, 0.3) is 5.91 Å². The highest BCUT2D eigenvalue weighted by Gasteiger charge is 2.51. The Kier molecular flexibility index (Phi) is 6.33. The molecular weight excluding hydrogens is 450 g/mol. The van der Waals surface area contributed by atoms with E-state index >= 15 is 0 Å². The summed E-state index contributed by atoms with van der Waals surface area (Å²) in [7, 11) is 1.67. The van der Waals surface area contributed by atoms with Crippen molar-refractivity contribution in [3.05, 3.63) is 70.0 Å². The van der Waals surface area contributed by atoms with Gasteiger partial charge in [-0.05, 0) is 73.6 Å². The molecule has 7 nitrogen and oxygen atoms in total. The number of methoxy groups -OCH3 is 1. The first kappa shape index (κ1) is 24.1. The number of hydrogen-bond acceptors (Lipinski definition) is 6. The van der Waals surface area contributed by atoms with Gasteiger partial charge < -0.3 is 20.7 Å². The molecule has 0 saturated heterocycles. The van der Waals surface area contributed by atoms with Gasteiger partial charge in [-0.1, -0.05) is 38.3 Å². The molecular formula is C29H35N5O2. The Morgan fingerprint density at radius 3 is 2.50 bits per heavy atom. The van der Waals surface area contributed by atoms with E-state index in [9.17, 15) is 4.79 Å². The summed E-state index contributed by atoms with van der Waals surface area (Å²) in [4.78, 5) is 24.8. The van der Waals surface area contributed by atoms with Crippen molar-refractivity contribution in [3.8, 4) is 5.75 Å². The van der Waals surface area contributed by atoms with Crippen molar-refractivity contribution in [2.75, 3.05) is 18.2 Å². The van der Waals surface area contributed by atoms with Crippen LogP contribution in [0.25, 0.3) is 0 Å². The van der Waals surface area contributed by atoms with Crippen LogP contribution in [0.15, 0.2) is 36.7 Å². The molecule has 1 fully saturated rings. The molecule has 0 bridgehead atoms. The lowest BCUT2D eigenvalue weighted by Crippen LogP contribution is -2.45. The van der Waals surface area contributed by atoms with Crippen LogP contribution in [-0.2, 0) is 18.5 Å². The van der Waals surface area contributed by atoms with Crippen molar-refractivity contribution in [2.45, 2.75) is 71.4 Å². The van der Waals surface area contributed by atoms with Crippen LogP contribution in [-0.4, -0.2) is 27.9 Å². The number of fused-ring (bicyclic) bond motifs is 2. The fourth-order valence-corrected chi connectivity index (χ4v) is 6.10. The van der Waals surface area contributed by atoms with Crippen LogP contribution < -0.4 is 15.8 Å². The number of nitrogens with two attached hydrogens (primary N) is 1. The van der Waals surface area contributed by atoms with Crippen LogP contribution in [0.1, 0.15) is 77.2 Å². The number of anilines is 3. The van der Waals surface area contributed by atoms with E-state index in [-0.39, 0.29) is 11.4 Å². The molecule has 36 heavy (non-hydrogen) atoms. The number of amides is 1. The van der Waals surface area contributed by atoms with Crippen LogP contribution in [0.2, 0.25) is 0 Å². The lowest BCUT2D eigenvalue weighted by molar-refractivity contribution is 0.0384. The summed E-state index contributed by atoms with van der Waals surface area (Å²) in [6.45, 7) is 6.73. The summed E-state index contributed by atoms with van der Waals surface area (Å²) >= 11 is 0. The Morgan fingerprint density at radius 1 is 1.11 bits per heavy atom. The van der Waals surface area contributed by atoms with Crippen molar-refractivity contribution >= 4 is 23.2 Å². The number of ether oxygens (including phenoxy) is 1. The number of nitrogens with zero attached hydrogens (tertiary/aromatic N) is 3. The monoisotopic (exact) mass is 485 g/mol. The summed E-state index contributed by atoms with van der Waals surface area (Å²) in [6, 6.07) is 10.2. The van der Waals surface area contributed by atoms with E-state index in [2.05, 4.69) is 52.2 Å². The second kappa shape index (κ2) is 9.45. The molecule has 7 heteroatoms. The second-order valence-corrected chi connectivity index (χ2v) is 10.0. The Bertz CT molecular complexity index is 1300. The van der Waals surface area contributed by atoms with Gasteiger partial charge in [0.1, 0.15) is 23.7 Å². The molecule has 2 aliphatic rings. The number of aromatic nitrogens is 2. The number of nitrogen functional groups attached to an aromatic ring is 1. The van der Waals surface area contributed by atoms with Gasteiger partial charge in [-0.25, -0.2) is 9.97 Å². The lowest BCUT2D eigenvalue weighted by atomic mass is 9.73. The van der Waals surface area contributed by atoms with Crippen molar-refractivity contribution in [2.24, 2.45) is 0 Å². The van der Waals surface area contributed by atoms with Crippen LogP contribution in [0.3, 0.4) is 0 Å². The van der Waals surface area contributed by atoms with Crippen molar-refractivity contribution in [1.82, 2.24) is 14.9 Å². The van der Waals surface area contributed by atoms with E-state index in [0.717, 1.165) is 65.8 Å². The molecule has 1 aliphatic carbocycles. The summed E-state index contributed by atoms with van der Waals surface area (Å²) < 4.78 is 5.34. The van der Waals surface area contributed by atoms with Crippen molar-refractivity contribution in [3.63, 3.8) is 0 Å². The summed E-state index contributed by atoms with van der Waals surface area (Å²) in [6.07, 6.45) is 7.71. The predicted octanol–water partition coefficient (Wildman–Crippen LogP) is 5.81. The molecule has 2 heterocycles. The number of nitrogens with one attached hydrogen (secondary N) is 1. The summed E-state index contributed by atoms with van der Waals surface area (Å²) in [5, 5.41) is 3.54. The SMILES string of the molecule is CCc1c(Nc2ncnc(N)c2C)cc(C)c2c1C1(CCCCC1)N(Cc1ccc(OC)cc1)C2=O. The average molecular weight is 486 g/mol. The van der Waals surface area contributed by atoms with E-state index in [0.29, 0.717) is 18.2 Å². The van der Waals surface area contributed by atoms with Gasteiger partial charge >= 0.3 is 0 Å². The molecule has 0 radical (unpaired) electrons. The number of carbonyl (C=O) groups excluding carboxylic acids is 1. The summed E-state index contributed by atoms with van der Waals surface area (Å²) in [5.74, 6) is 2.13. The molecule has 1 saturated carbocycles. The molecule has 2 aromatic carbocycles. The first-order valence-electron chi connectivity index (χ1n) is 12.9. The maximum absolute atomic E-state index is 14.1. The summed E-state index contributed by atoms with van der Waals surface area (Å²) in [5.41, 5.74) is 13.0. The minimum absolute atomic E-state index is 0.143. The van der Waals surface area contributed by atoms with E-state index in [4.69, 9.17) is 10.5 Å². The molecule has 0 atom stereocenters. The van der Waals surface area contributed by atoms with Crippen molar-refractivity contribution < 1.29 is 9.53 Å².